The van der Waals surface area contributed by atoms with E-state index in [2.05, 4.69) is 21.5 Å². The topological polar surface area (TPSA) is 125 Å². The van der Waals surface area contributed by atoms with E-state index < -0.39 is 11.8 Å². The molecule has 1 aliphatic heterocycles. The Balaban J connectivity index is 1.86. The summed E-state index contributed by atoms with van der Waals surface area (Å²) in [6.45, 7) is 3.96. The van der Waals surface area contributed by atoms with E-state index in [1.54, 1.807) is 24.5 Å². The smallest absolute Gasteiger partial charge is 0.273 e. The Labute approximate surface area is 190 Å². The number of allylic oxidation sites excluding steroid dienone is 3. The first-order valence-corrected chi connectivity index (χ1v) is 10.4. The van der Waals surface area contributed by atoms with Gasteiger partial charge in [0, 0.05) is 30.6 Å². The van der Waals surface area contributed by atoms with Crippen molar-refractivity contribution in [2.24, 2.45) is 11.1 Å². The molecule has 3 heterocycles. The van der Waals surface area contributed by atoms with E-state index in [0.717, 1.165) is 0 Å². The number of hydrogen-bond acceptors (Lipinski definition) is 7. The van der Waals surface area contributed by atoms with Crippen molar-refractivity contribution in [3.8, 4) is 6.07 Å². The Morgan fingerprint density at radius 3 is 2.72 bits per heavy atom. The van der Waals surface area contributed by atoms with Crippen LogP contribution in [-0.4, -0.2) is 26.7 Å². The fourth-order valence-corrected chi connectivity index (χ4v) is 4.44. The zero-order valence-electron chi connectivity index (χ0n) is 17.6. The summed E-state index contributed by atoms with van der Waals surface area (Å²) in [5, 5.41) is 11.4. The van der Waals surface area contributed by atoms with Crippen LogP contribution in [-0.2, 0) is 4.79 Å². The number of nitrogens with zero attached hydrogens (tertiary/aromatic N) is 4. The van der Waals surface area contributed by atoms with Gasteiger partial charge in [0.05, 0.1) is 28.8 Å². The van der Waals surface area contributed by atoms with Gasteiger partial charge in [0.2, 0.25) is 0 Å². The number of nitriles is 1. The molecule has 3 N–H and O–H groups in total. The number of nitrogens with one attached hydrogen (secondary N) is 1. The largest absolute Gasteiger partial charge is 0.383 e. The van der Waals surface area contributed by atoms with E-state index in [-0.39, 0.29) is 33.3 Å². The van der Waals surface area contributed by atoms with Crippen molar-refractivity contribution in [3.63, 3.8) is 0 Å². The number of halogens is 1. The predicted molar refractivity (Wildman–Crippen MR) is 117 cm³/mol. The van der Waals surface area contributed by atoms with Gasteiger partial charge in [-0.25, -0.2) is 9.99 Å². The predicted octanol–water partition coefficient (Wildman–Crippen LogP) is 3.21. The van der Waals surface area contributed by atoms with E-state index in [1.165, 1.54) is 17.3 Å². The second-order valence-corrected chi connectivity index (χ2v) is 8.91. The van der Waals surface area contributed by atoms with Crippen LogP contribution in [0.1, 0.15) is 48.5 Å². The molecule has 0 bridgehead atoms. The molecule has 1 atom stereocenters. The number of ketones is 1. The van der Waals surface area contributed by atoms with Crippen molar-refractivity contribution in [2.75, 3.05) is 0 Å². The quantitative estimate of drug-likeness (QED) is 0.690. The molecule has 8 nitrogen and oxygen atoms in total. The Morgan fingerprint density at radius 2 is 2.06 bits per heavy atom. The molecule has 2 aliphatic rings. The van der Waals surface area contributed by atoms with E-state index in [1.807, 2.05) is 19.9 Å². The number of Topliss-reactive ketones (excluding diaryl/α,β-unsaturated/α-hetero) is 1. The molecule has 0 saturated carbocycles. The molecule has 1 amide bonds. The number of hydrazine groups is 1. The van der Waals surface area contributed by atoms with Gasteiger partial charge in [-0.15, -0.1) is 0 Å². The van der Waals surface area contributed by atoms with Gasteiger partial charge >= 0.3 is 0 Å². The molecule has 32 heavy (non-hydrogen) atoms. The Morgan fingerprint density at radius 1 is 1.31 bits per heavy atom. The van der Waals surface area contributed by atoms with Gasteiger partial charge in [0.15, 0.2) is 5.78 Å². The normalized spacial score (nSPS) is 20.0. The molecule has 0 saturated heterocycles. The molecule has 2 aromatic heterocycles. The maximum absolute atomic E-state index is 13.3. The summed E-state index contributed by atoms with van der Waals surface area (Å²) in [5.74, 6) is -1.24. The lowest BCUT2D eigenvalue weighted by molar-refractivity contribution is -0.118. The van der Waals surface area contributed by atoms with Crippen LogP contribution in [0.2, 0.25) is 5.15 Å². The van der Waals surface area contributed by atoms with Gasteiger partial charge in [-0.3, -0.25) is 20.0 Å². The Hall–Kier alpha value is -3.70. The average molecular weight is 449 g/mol. The van der Waals surface area contributed by atoms with Crippen molar-refractivity contribution < 1.29 is 9.59 Å². The summed E-state index contributed by atoms with van der Waals surface area (Å²) >= 11 is 6.08. The second kappa shape index (κ2) is 8.09. The van der Waals surface area contributed by atoms with Crippen LogP contribution in [0.15, 0.2) is 65.5 Å². The Kier molecular flexibility index (Phi) is 5.45. The van der Waals surface area contributed by atoms with Crippen molar-refractivity contribution in [1.29, 1.82) is 5.26 Å². The molecule has 9 heteroatoms. The Bertz CT molecular complexity index is 1210. The highest BCUT2D eigenvalue weighted by molar-refractivity contribution is 6.32. The highest BCUT2D eigenvalue weighted by atomic mass is 35.5. The highest BCUT2D eigenvalue weighted by Crippen LogP contribution is 2.48. The standard InChI is InChI=1S/C23H21ClN6O2/c1-23(2)9-16-19(17(31)10-23)18(13-5-3-7-27-12-13)15(11-25)21(26)30(16)29-22(32)14-6-4-8-28-20(14)24/h3-8,12,18H,9-10,26H2,1-2H3,(H,29,32). The molecule has 0 aromatic carbocycles. The lowest BCUT2D eigenvalue weighted by atomic mass is 9.69. The molecule has 1 unspecified atom stereocenters. The average Bonchev–Trinajstić information content (AvgIpc) is 2.75. The van der Waals surface area contributed by atoms with E-state index in [0.29, 0.717) is 29.7 Å². The minimum absolute atomic E-state index is 0.0348. The zero-order valence-corrected chi connectivity index (χ0v) is 18.3. The van der Waals surface area contributed by atoms with Crippen molar-refractivity contribution in [3.05, 3.63) is 81.8 Å². The van der Waals surface area contributed by atoms with Crippen LogP contribution >= 0.6 is 11.6 Å². The molecule has 162 valence electrons. The number of nitrogens with two attached hydrogens (primary N) is 1. The van der Waals surface area contributed by atoms with Gasteiger partial charge in [0.25, 0.3) is 5.91 Å². The maximum atomic E-state index is 13.3. The van der Waals surface area contributed by atoms with Crippen molar-refractivity contribution in [1.82, 2.24) is 20.4 Å². The summed E-state index contributed by atoms with van der Waals surface area (Å²) in [5.41, 5.74) is 10.8. The van der Waals surface area contributed by atoms with E-state index in [4.69, 9.17) is 17.3 Å². The maximum Gasteiger partial charge on any atom is 0.273 e. The summed E-state index contributed by atoms with van der Waals surface area (Å²) in [4.78, 5) is 34.4. The summed E-state index contributed by atoms with van der Waals surface area (Å²) in [6, 6.07) is 8.82. The van der Waals surface area contributed by atoms with Gasteiger partial charge in [-0.2, -0.15) is 5.26 Å². The summed E-state index contributed by atoms with van der Waals surface area (Å²) in [7, 11) is 0. The second-order valence-electron chi connectivity index (χ2n) is 8.55. The third kappa shape index (κ3) is 3.72. The van der Waals surface area contributed by atoms with Crippen LogP contribution < -0.4 is 11.2 Å². The third-order valence-corrected chi connectivity index (χ3v) is 5.92. The van der Waals surface area contributed by atoms with Gasteiger partial charge < -0.3 is 5.73 Å². The lowest BCUT2D eigenvalue weighted by Crippen LogP contribution is -2.50. The minimum Gasteiger partial charge on any atom is -0.383 e. The number of amides is 1. The van der Waals surface area contributed by atoms with Gasteiger partial charge in [-0.1, -0.05) is 31.5 Å². The molecule has 0 spiro atoms. The zero-order chi connectivity index (χ0) is 23.0. The summed E-state index contributed by atoms with van der Waals surface area (Å²) < 4.78 is 0. The lowest BCUT2D eigenvalue weighted by Gasteiger charge is -2.43. The first-order chi connectivity index (χ1) is 15.2. The van der Waals surface area contributed by atoms with E-state index >= 15 is 0 Å². The summed E-state index contributed by atoms with van der Waals surface area (Å²) in [6.07, 6.45) is 5.51. The van der Waals surface area contributed by atoms with Crippen LogP contribution in [0.4, 0.5) is 0 Å². The van der Waals surface area contributed by atoms with Crippen molar-refractivity contribution in [2.45, 2.75) is 32.6 Å². The van der Waals surface area contributed by atoms with Gasteiger partial charge in [0.1, 0.15) is 11.0 Å². The van der Waals surface area contributed by atoms with Crippen LogP contribution in [0.25, 0.3) is 0 Å². The molecule has 4 rings (SSSR count). The van der Waals surface area contributed by atoms with Gasteiger partial charge in [-0.05, 0) is 35.6 Å². The number of hydrogen-bond donors (Lipinski definition) is 2. The molecule has 0 radical (unpaired) electrons. The van der Waals surface area contributed by atoms with Crippen LogP contribution in [0.5, 0.6) is 0 Å². The van der Waals surface area contributed by atoms with Crippen molar-refractivity contribution >= 4 is 23.3 Å². The monoisotopic (exact) mass is 448 g/mol. The SMILES string of the molecule is CC1(C)CC(=O)C2=C(C1)N(NC(=O)c1cccnc1Cl)C(N)=C(C#N)C2c1cccnc1. The molecule has 0 fully saturated rings. The minimum atomic E-state index is -0.651. The van der Waals surface area contributed by atoms with Crippen LogP contribution in [0, 0.1) is 16.7 Å². The number of aromatic nitrogens is 2. The fraction of sp³-hybridized carbons (Fsp3) is 0.261. The number of carbonyl (C=O) groups excluding carboxylic acids is 2. The highest BCUT2D eigenvalue weighted by Gasteiger charge is 2.45. The molecular weight excluding hydrogens is 428 g/mol. The van der Waals surface area contributed by atoms with Crippen LogP contribution in [0.3, 0.4) is 0 Å². The number of carbonyl (C=O) groups is 2. The third-order valence-electron chi connectivity index (χ3n) is 5.62. The number of rotatable bonds is 3. The molecular formula is C23H21ClN6O2. The first-order valence-electron chi connectivity index (χ1n) is 10.0. The van der Waals surface area contributed by atoms with E-state index in [9.17, 15) is 14.9 Å². The molecule has 2 aromatic rings. The molecule has 1 aliphatic carbocycles. The number of pyridine rings is 2. The first kappa shape index (κ1) is 21.5. The fourth-order valence-electron chi connectivity index (χ4n) is 4.23.